The standard InChI is InChI=1S/C14H18N2O3S/c1-2-4-12-6-8-13(9-7-12)20(18,19)16-10-3-5-14(16)15-11-17/h6-9,14H,2-5,10H2,1H3. The minimum Gasteiger partial charge on any atom is -0.211 e. The van der Waals surface area contributed by atoms with E-state index in [0.29, 0.717) is 19.4 Å². The number of sulfonamides is 1. The Labute approximate surface area is 119 Å². The van der Waals surface area contributed by atoms with Crippen LogP contribution >= 0.6 is 0 Å². The summed E-state index contributed by atoms with van der Waals surface area (Å²) in [7, 11) is -3.58. The van der Waals surface area contributed by atoms with Crippen molar-refractivity contribution < 1.29 is 13.2 Å². The van der Waals surface area contributed by atoms with Gasteiger partial charge in [0.15, 0.2) is 0 Å². The van der Waals surface area contributed by atoms with Gasteiger partial charge in [-0.2, -0.15) is 9.30 Å². The Balaban J connectivity index is 2.27. The van der Waals surface area contributed by atoms with Gasteiger partial charge in [0.25, 0.3) is 0 Å². The number of benzene rings is 1. The highest BCUT2D eigenvalue weighted by atomic mass is 32.2. The van der Waals surface area contributed by atoms with Gasteiger partial charge >= 0.3 is 0 Å². The summed E-state index contributed by atoms with van der Waals surface area (Å²) in [6.07, 6.45) is 4.09. The zero-order valence-corrected chi connectivity index (χ0v) is 12.3. The molecule has 1 aromatic rings. The van der Waals surface area contributed by atoms with E-state index in [-0.39, 0.29) is 4.90 Å². The molecule has 20 heavy (non-hydrogen) atoms. The van der Waals surface area contributed by atoms with Crippen molar-refractivity contribution in [3.8, 4) is 0 Å². The van der Waals surface area contributed by atoms with Crippen molar-refractivity contribution in [3.05, 3.63) is 29.8 Å². The lowest BCUT2D eigenvalue weighted by atomic mass is 10.1. The molecule has 1 fully saturated rings. The number of hydrogen-bond acceptors (Lipinski definition) is 4. The first-order valence-electron chi connectivity index (χ1n) is 6.77. The van der Waals surface area contributed by atoms with E-state index < -0.39 is 16.2 Å². The first-order valence-corrected chi connectivity index (χ1v) is 8.21. The van der Waals surface area contributed by atoms with Crippen molar-refractivity contribution in [2.45, 2.75) is 43.7 Å². The minimum atomic E-state index is -3.58. The van der Waals surface area contributed by atoms with Gasteiger partial charge in [0, 0.05) is 6.54 Å². The highest BCUT2D eigenvalue weighted by Crippen LogP contribution is 2.26. The molecular weight excluding hydrogens is 276 g/mol. The third-order valence-corrected chi connectivity index (χ3v) is 5.35. The summed E-state index contributed by atoms with van der Waals surface area (Å²) in [5.74, 6) is 0. The maximum absolute atomic E-state index is 12.5. The van der Waals surface area contributed by atoms with Gasteiger partial charge in [-0.25, -0.2) is 13.2 Å². The molecule has 0 N–H and O–H groups in total. The maximum Gasteiger partial charge on any atom is 0.244 e. The van der Waals surface area contributed by atoms with Crippen LogP contribution in [0.25, 0.3) is 0 Å². The number of hydrogen-bond donors (Lipinski definition) is 0. The smallest absolute Gasteiger partial charge is 0.211 e. The average molecular weight is 294 g/mol. The Hall–Kier alpha value is -1.49. The van der Waals surface area contributed by atoms with E-state index in [1.165, 1.54) is 10.4 Å². The number of rotatable bonds is 5. The van der Waals surface area contributed by atoms with Crippen LogP contribution in [0.2, 0.25) is 0 Å². The molecule has 0 spiro atoms. The molecule has 2 rings (SSSR count). The van der Waals surface area contributed by atoms with Crippen LogP contribution in [-0.4, -0.2) is 31.5 Å². The quantitative estimate of drug-likeness (QED) is 0.617. The van der Waals surface area contributed by atoms with E-state index in [9.17, 15) is 13.2 Å². The Bertz CT molecular complexity index is 604. The van der Waals surface area contributed by atoms with Crippen molar-refractivity contribution in [2.24, 2.45) is 4.99 Å². The lowest BCUT2D eigenvalue weighted by Gasteiger charge is -2.20. The summed E-state index contributed by atoms with van der Waals surface area (Å²) in [6, 6.07) is 6.93. The summed E-state index contributed by atoms with van der Waals surface area (Å²) in [5.41, 5.74) is 1.12. The van der Waals surface area contributed by atoms with Crippen molar-refractivity contribution in [1.82, 2.24) is 4.31 Å². The zero-order valence-electron chi connectivity index (χ0n) is 11.4. The number of aliphatic imine (C=N–C) groups is 1. The first-order chi connectivity index (χ1) is 9.59. The summed E-state index contributed by atoms with van der Waals surface area (Å²) in [6.45, 7) is 2.48. The van der Waals surface area contributed by atoms with Crippen LogP contribution < -0.4 is 0 Å². The number of aryl methyl sites for hydroxylation is 1. The molecule has 1 aliphatic rings. The lowest BCUT2D eigenvalue weighted by molar-refractivity contribution is 0.395. The predicted octanol–water partition coefficient (Wildman–Crippen LogP) is 2.09. The van der Waals surface area contributed by atoms with E-state index in [2.05, 4.69) is 11.9 Å². The zero-order chi connectivity index (χ0) is 14.6. The second-order valence-corrected chi connectivity index (χ2v) is 6.74. The minimum absolute atomic E-state index is 0.255. The molecule has 0 aliphatic carbocycles. The van der Waals surface area contributed by atoms with Crippen molar-refractivity contribution in [3.63, 3.8) is 0 Å². The van der Waals surface area contributed by atoms with E-state index in [4.69, 9.17) is 0 Å². The number of carbonyl (C=O) groups excluding carboxylic acids is 1. The van der Waals surface area contributed by atoms with Gasteiger partial charge in [-0.05, 0) is 37.0 Å². The fraction of sp³-hybridized carbons (Fsp3) is 0.500. The van der Waals surface area contributed by atoms with Gasteiger partial charge < -0.3 is 0 Å². The van der Waals surface area contributed by atoms with Gasteiger partial charge in [-0.1, -0.05) is 25.5 Å². The largest absolute Gasteiger partial charge is 0.244 e. The van der Waals surface area contributed by atoms with E-state index >= 15 is 0 Å². The maximum atomic E-state index is 12.5. The summed E-state index contributed by atoms with van der Waals surface area (Å²) < 4.78 is 26.3. The van der Waals surface area contributed by atoms with Gasteiger partial charge in [-0.15, -0.1) is 0 Å². The molecule has 1 unspecified atom stereocenters. The molecule has 0 amide bonds. The molecule has 108 valence electrons. The molecule has 1 saturated heterocycles. The molecule has 1 aromatic carbocycles. The van der Waals surface area contributed by atoms with Crippen LogP contribution in [0.1, 0.15) is 31.7 Å². The van der Waals surface area contributed by atoms with Gasteiger partial charge in [0.1, 0.15) is 6.17 Å². The normalized spacial score (nSPS) is 19.8. The van der Waals surface area contributed by atoms with Crippen LogP contribution in [0.5, 0.6) is 0 Å². The van der Waals surface area contributed by atoms with Gasteiger partial charge in [-0.3, -0.25) is 0 Å². The van der Waals surface area contributed by atoms with E-state index in [0.717, 1.165) is 18.4 Å². The topological polar surface area (TPSA) is 66.8 Å². The molecule has 1 atom stereocenters. The Kier molecular flexibility index (Phi) is 4.70. The predicted molar refractivity (Wildman–Crippen MR) is 75.5 cm³/mol. The molecule has 0 bridgehead atoms. The Morgan fingerprint density at radius 3 is 2.65 bits per heavy atom. The van der Waals surface area contributed by atoms with Crippen LogP contribution in [0.4, 0.5) is 0 Å². The molecule has 1 aliphatic heterocycles. The first kappa shape index (κ1) is 14.9. The van der Waals surface area contributed by atoms with E-state index in [1.807, 2.05) is 12.1 Å². The number of isocyanates is 1. The van der Waals surface area contributed by atoms with Crippen LogP contribution in [-0.2, 0) is 21.2 Å². The highest BCUT2D eigenvalue weighted by molar-refractivity contribution is 7.89. The monoisotopic (exact) mass is 294 g/mol. The SMILES string of the molecule is CCCc1ccc(S(=O)(=O)N2CCCC2N=C=O)cc1. The highest BCUT2D eigenvalue weighted by Gasteiger charge is 2.35. The Morgan fingerprint density at radius 2 is 2.05 bits per heavy atom. The second kappa shape index (κ2) is 6.31. The van der Waals surface area contributed by atoms with E-state index in [1.54, 1.807) is 12.1 Å². The molecular formula is C14H18N2O3S. The molecule has 1 heterocycles. The molecule has 0 saturated carbocycles. The average Bonchev–Trinajstić information content (AvgIpc) is 2.89. The van der Waals surface area contributed by atoms with Gasteiger partial charge in [0.05, 0.1) is 4.90 Å². The Morgan fingerprint density at radius 1 is 1.35 bits per heavy atom. The third-order valence-electron chi connectivity index (χ3n) is 3.44. The molecule has 6 heteroatoms. The van der Waals surface area contributed by atoms with Crippen LogP contribution in [0.3, 0.4) is 0 Å². The summed E-state index contributed by atoms with van der Waals surface area (Å²) >= 11 is 0. The van der Waals surface area contributed by atoms with Crippen LogP contribution in [0, 0.1) is 0 Å². The van der Waals surface area contributed by atoms with Crippen molar-refractivity contribution >= 4 is 16.1 Å². The summed E-state index contributed by atoms with van der Waals surface area (Å²) in [4.78, 5) is 14.2. The number of nitrogens with zero attached hydrogens (tertiary/aromatic N) is 2. The van der Waals surface area contributed by atoms with Crippen molar-refractivity contribution in [1.29, 1.82) is 0 Å². The fourth-order valence-corrected chi connectivity index (χ4v) is 4.04. The fourth-order valence-electron chi connectivity index (χ4n) is 2.45. The van der Waals surface area contributed by atoms with Gasteiger partial charge in [0.2, 0.25) is 16.1 Å². The molecule has 0 radical (unpaired) electrons. The summed E-state index contributed by atoms with van der Waals surface area (Å²) in [5, 5.41) is 0. The lowest BCUT2D eigenvalue weighted by Crippen LogP contribution is -2.34. The molecule has 5 nitrogen and oxygen atoms in total. The second-order valence-electron chi connectivity index (χ2n) is 4.85. The molecule has 0 aromatic heterocycles. The van der Waals surface area contributed by atoms with Crippen molar-refractivity contribution in [2.75, 3.05) is 6.54 Å². The van der Waals surface area contributed by atoms with Crippen LogP contribution in [0.15, 0.2) is 34.2 Å². The third kappa shape index (κ3) is 2.98.